The summed E-state index contributed by atoms with van der Waals surface area (Å²) in [5.74, 6) is -0.268. The number of hydrogen-bond donors (Lipinski definition) is 1. The van der Waals surface area contributed by atoms with Crippen molar-refractivity contribution in [2.45, 2.75) is 6.54 Å². The summed E-state index contributed by atoms with van der Waals surface area (Å²) in [6.45, 7) is 0.165. The van der Waals surface area contributed by atoms with Crippen LogP contribution in [0.1, 0.15) is 15.9 Å². The number of benzene rings is 4. The summed E-state index contributed by atoms with van der Waals surface area (Å²) in [4.78, 5) is 12.7. The molecule has 4 aromatic rings. The molecular weight excluding hydrogens is 444 g/mol. The predicted octanol–water partition coefficient (Wildman–Crippen LogP) is 5.71. The smallest absolute Gasteiger partial charge is 0.255 e. The average Bonchev–Trinajstić information content (AvgIpc) is 2.78. The van der Waals surface area contributed by atoms with Crippen LogP contribution in [0.3, 0.4) is 0 Å². The van der Waals surface area contributed by atoms with E-state index in [1.54, 1.807) is 48.5 Å². The van der Waals surface area contributed by atoms with Crippen LogP contribution in [0.2, 0.25) is 5.02 Å². The molecule has 32 heavy (non-hydrogen) atoms. The molecule has 4 rings (SSSR count). The zero-order valence-corrected chi connectivity index (χ0v) is 18.9. The fourth-order valence-electron chi connectivity index (χ4n) is 3.41. The third-order valence-corrected chi connectivity index (χ3v) is 6.46. The van der Waals surface area contributed by atoms with Gasteiger partial charge in [-0.05, 0) is 64.9 Å². The first-order chi connectivity index (χ1) is 15.3. The minimum atomic E-state index is -3.53. The number of hydrogen-bond acceptors (Lipinski definition) is 3. The molecule has 0 aromatic heterocycles. The molecule has 0 atom stereocenters. The summed E-state index contributed by atoms with van der Waals surface area (Å²) in [7, 11) is -3.53. The number of rotatable bonds is 6. The minimum Gasteiger partial charge on any atom is -0.322 e. The number of amides is 1. The van der Waals surface area contributed by atoms with Crippen LogP contribution in [-0.2, 0) is 16.6 Å². The molecule has 0 aliphatic rings. The molecule has 0 saturated heterocycles. The van der Waals surface area contributed by atoms with E-state index in [9.17, 15) is 13.2 Å². The van der Waals surface area contributed by atoms with Gasteiger partial charge in [0.1, 0.15) is 0 Å². The number of carbonyl (C=O) groups is 1. The molecule has 1 amide bonds. The Labute approximate surface area is 192 Å². The third kappa shape index (κ3) is 5.10. The summed E-state index contributed by atoms with van der Waals surface area (Å²) in [5.41, 5.74) is 2.41. The second-order valence-corrected chi connectivity index (χ2v) is 9.80. The van der Waals surface area contributed by atoms with Crippen LogP contribution in [0.4, 0.5) is 11.4 Å². The summed E-state index contributed by atoms with van der Waals surface area (Å²) < 4.78 is 26.1. The highest BCUT2D eigenvalue weighted by Gasteiger charge is 2.18. The van der Waals surface area contributed by atoms with E-state index in [2.05, 4.69) is 5.32 Å². The van der Waals surface area contributed by atoms with Crippen molar-refractivity contribution in [2.24, 2.45) is 0 Å². The Morgan fingerprint density at radius 3 is 2.19 bits per heavy atom. The predicted molar refractivity (Wildman–Crippen MR) is 131 cm³/mol. The van der Waals surface area contributed by atoms with Gasteiger partial charge in [0.2, 0.25) is 10.0 Å². The Bertz CT molecular complexity index is 1370. The molecule has 0 unspecified atom stereocenters. The van der Waals surface area contributed by atoms with Gasteiger partial charge in [-0.15, -0.1) is 0 Å². The molecule has 0 heterocycles. The van der Waals surface area contributed by atoms with E-state index in [4.69, 9.17) is 11.6 Å². The lowest BCUT2D eigenvalue weighted by Crippen LogP contribution is -2.29. The fraction of sp³-hybridized carbons (Fsp3) is 0.0800. The van der Waals surface area contributed by atoms with Crippen molar-refractivity contribution in [3.05, 3.63) is 107 Å². The molecule has 5 nitrogen and oxygen atoms in total. The van der Waals surface area contributed by atoms with E-state index in [1.807, 2.05) is 42.5 Å². The molecule has 0 aliphatic carbocycles. The number of nitrogens with zero attached hydrogens (tertiary/aromatic N) is 1. The Balaban J connectivity index is 1.53. The van der Waals surface area contributed by atoms with E-state index in [1.165, 1.54) is 4.31 Å². The first-order valence-corrected chi connectivity index (χ1v) is 12.1. The molecule has 1 N–H and O–H groups in total. The van der Waals surface area contributed by atoms with Gasteiger partial charge >= 0.3 is 0 Å². The Kier molecular flexibility index (Phi) is 6.17. The summed E-state index contributed by atoms with van der Waals surface area (Å²) in [5, 5.41) is 5.60. The molecule has 0 spiro atoms. The quantitative estimate of drug-likeness (QED) is 0.397. The van der Waals surface area contributed by atoms with E-state index in [0.29, 0.717) is 22.0 Å². The molecule has 0 bridgehead atoms. The SMILES string of the molecule is CS(=O)(=O)N(Cc1ccc(Cl)cc1)c1ccc(C(=O)Nc2ccc3ccccc3c2)cc1. The lowest BCUT2D eigenvalue weighted by molar-refractivity contribution is 0.102. The van der Waals surface area contributed by atoms with Gasteiger partial charge in [-0.25, -0.2) is 8.42 Å². The molecule has 162 valence electrons. The van der Waals surface area contributed by atoms with E-state index >= 15 is 0 Å². The third-order valence-electron chi connectivity index (χ3n) is 5.06. The molecule has 7 heteroatoms. The number of halogens is 1. The molecule has 0 saturated carbocycles. The van der Waals surface area contributed by atoms with Crippen LogP contribution in [0, 0.1) is 0 Å². The maximum absolute atomic E-state index is 12.7. The summed E-state index contributed by atoms with van der Waals surface area (Å²) >= 11 is 5.92. The van der Waals surface area contributed by atoms with Gasteiger partial charge in [0.15, 0.2) is 0 Å². The van der Waals surface area contributed by atoms with Crippen LogP contribution >= 0.6 is 11.6 Å². The van der Waals surface area contributed by atoms with Crippen molar-refractivity contribution in [1.29, 1.82) is 0 Å². The Hall–Kier alpha value is -3.35. The molecule has 0 fully saturated rings. The van der Waals surface area contributed by atoms with Crippen LogP contribution in [0.5, 0.6) is 0 Å². The minimum absolute atomic E-state index is 0.165. The van der Waals surface area contributed by atoms with Gasteiger partial charge in [-0.2, -0.15) is 0 Å². The van der Waals surface area contributed by atoms with Gasteiger partial charge in [-0.1, -0.05) is 54.1 Å². The first-order valence-electron chi connectivity index (χ1n) is 9.92. The first kappa shape index (κ1) is 21.9. The fourth-order valence-corrected chi connectivity index (χ4v) is 4.42. The molecule has 4 aromatic carbocycles. The van der Waals surface area contributed by atoms with Gasteiger partial charge < -0.3 is 5.32 Å². The second kappa shape index (κ2) is 9.02. The number of nitrogens with one attached hydrogen (secondary N) is 1. The van der Waals surface area contributed by atoms with Crippen molar-refractivity contribution in [1.82, 2.24) is 0 Å². The summed E-state index contributed by atoms with van der Waals surface area (Å²) in [6.07, 6.45) is 1.16. The van der Waals surface area contributed by atoms with Crippen LogP contribution < -0.4 is 9.62 Å². The standard InChI is InChI=1S/C25H21ClN2O3S/c1-32(30,31)28(17-18-6-11-22(26)12-7-18)24-14-9-20(10-15-24)25(29)27-23-13-8-19-4-2-3-5-21(19)16-23/h2-16H,17H2,1H3,(H,27,29). The molecule has 0 aliphatic heterocycles. The van der Waals surface area contributed by atoms with E-state index in [-0.39, 0.29) is 12.5 Å². The number of fused-ring (bicyclic) bond motifs is 1. The average molecular weight is 465 g/mol. The van der Waals surface area contributed by atoms with E-state index < -0.39 is 10.0 Å². The maximum atomic E-state index is 12.7. The normalized spacial score (nSPS) is 11.3. The molecule has 0 radical (unpaired) electrons. The Morgan fingerprint density at radius 2 is 1.53 bits per heavy atom. The highest BCUT2D eigenvalue weighted by Crippen LogP contribution is 2.23. The van der Waals surface area contributed by atoms with Crippen molar-refractivity contribution < 1.29 is 13.2 Å². The number of carbonyl (C=O) groups excluding carboxylic acids is 1. The van der Waals surface area contributed by atoms with Crippen molar-refractivity contribution in [2.75, 3.05) is 15.9 Å². The lowest BCUT2D eigenvalue weighted by atomic mass is 10.1. The van der Waals surface area contributed by atoms with Crippen molar-refractivity contribution in [3.8, 4) is 0 Å². The lowest BCUT2D eigenvalue weighted by Gasteiger charge is -2.23. The summed E-state index contributed by atoms with van der Waals surface area (Å²) in [6, 6.07) is 27.1. The monoisotopic (exact) mass is 464 g/mol. The highest BCUT2D eigenvalue weighted by atomic mass is 35.5. The van der Waals surface area contributed by atoms with E-state index in [0.717, 1.165) is 22.6 Å². The van der Waals surface area contributed by atoms with Crippen molar-refractivity contribution >= 4 is 49.7 Å². The highest BCUT2D eigenvalue weighted by molar-refractivity contribution is 7.92. The van der Waals surface area contributed by atoms with Gasteiger partial charge in [0.25, 0.3) is 5.91 Å². The molecular formula is C25H21ClN2O3S. The van der Waals surface area contributed by atoms with Gasteiger partial charge in [0, 0.05) is 16.3 Å². The van der Waals surface area contributed by atoms with Crippen LogP contribution in [0.15, 0.2) is 91.0 Å². The maximum Gasteiger partial charge on any atom is 0.255 e. The zero-order chi connectivity index (χ0) is 22.7. The topological polar surface area (TPSA) is 66.5 Å². The Morgan fingerprint density at radius 1 is 0.875 bits per heavy atom. The number of sulfonamides is 1. The van der Waals surface area contributed by atoms with Crippen LogP contribution in [0.25, 0.3) is 10.8 Å². The second-order valence-electron chi connectivity index (χ2n) is 7.46. The van der Waals surface area contributed by atoms with Gasteiger partial charge in [0.05, 0.1) is 18.5 Å². The van der Waals surface area contributed by atoms with Crippen molar-refractivity contribution in [3.63, 3.8) is 0 Å². The van der Waals surface area contributed by atoms with Crippen LogP contribution in [-0.4, -0.2) is 20.6 Å². The zero-order valence-electron chi connectivity index (χ0n) is 17.3. The number of anilines is 2. The van der Waals surface area contributed by atoms with Gasteiger partial charge in [-0.3, -0.25) is 9.10 Å². The largest absolute Gasteiger partial charge is 0.322 e.